The molecule has 0 N–H and O–H groups in total. The first-order valence-corrected chi connectivity index (χ1v) is 9.84. The molecule has 2 saturated heterocycles. The lowest BCUT2D eigenvalue weighted by atomic mass is 9.93. The minimum absolute atomic E-state index is 0.138. The summed E-state index contributed by atoms with van der Waals surface area (Å²) in [5, 5.41) is 0. The zero-order valence-electron chi connectivity index (χ0n) is 16.1. The molecule has 0 saturated carbocycles. The fourth-order valence-corrected chi connectivity index (χ4v) is 4.21. The molecule has 0 spiro atoms. The molecule has 28 heavy (non-hydrogen) atoms. The topological polar surface area (TPSA) is 58.4 Å². The summed E-state index contributed by atoms with van der Waals surface area (Å²) in [4.78, 5) is 31.2. The zero-order chi connectivity index (χ0) is 20.3. The summed E-state index contributed by atoms with van der Waals surface area (Å²) in [5.41, 5.74) is -1.80. The van der Waals surface area contributed by atoms with Crippen molar-refractivity contribution in [2.24, 2.45) is 11.8 Å². The fraction of sp³-hybridized carbons (Fsp3) is 0.737. The molecule has 2 aliphatic rings. The van der Waals surface area contributed by atoms with Gasteiger partial charge in [-0.3, -0.25) is 14.2 Å². The van der Waals surface area contributed by atoms with Crippen molar-refractivity contribution in [2.75, 3.05) is 32.7 Å². The molecule has 2 fully saturated rings. The maximum atomic E-state index is 12.6. The fourth-order valence-electron chi connectivity index (χ4n) is 4.21. The van der Waals surface area contributed by atoms with Gasteiger partial charge in [0.2, 0.25) is 5.91 Å². The van der Waals surface area contributed by atoms with Crippen molar-refractivity contribution in [1.29, 1.82) is 0 Å². The van der Waals surface area contributed by atoms with Crippen LogP contribution in [0, 0.1) is 11.8 Å². The number of hydrogen-bond acceptors (Lipinski definition) is 4. The lowest BCUT2D eigenvalue weighted by molar-refractivity contribution is -0.141. The second kappa shape index (κ2) is 8.63. The van der Waals surface area contributed by atoms with E-state index >= 15 is 0 Å². The van der Waals surface area contributed by atoms with Crippen molar-refractivity contribution in [3.05, 3.63) is 28.4 Å². The van der Waals surface area contributed by atoms with Crippen LogP contribution in [0.25, 0.3) is 0 Å². The molecule has 3 heterocycles. The normalized spacial score (nSPS) is 22.4. The predicted molar refractivity (Wildman–Crippen MR) is 97.6 cm³/mol. The lowest BCUT2D eigenvalue weighted by Gasteiger charge is -2.38. The van der Waals surface area contributed by atoms with Crippen molar-refractivity contribution in [2.45, 2.75) is 45.3 Å². The molecule has 1 unspecified atom stereocenters. The number of carbonyl (C=O) groups excluding carboxylic acids is 1. The third kappa shape index (κ3) is 5.33. The molecular formula is C19H27F3N4O2. The van der Waals surface area contributed by atoms with Crippen LogP contribution in [-0.2, 0) is 17.5 Å². The highest BCUT2D eigenvalue weighted by molar-refractivity contribution is 5.73. The van der Waals surface area contributed by atoms with E-state index < -0.39 is 17.4 Å². The van der Waals surface area contributed by atoms with Gasteiger partial charge in [0, 0.05) is 39.2 Å². The van der Waals surface area contributed by atoms with E-state index in [4.69, 9.17) is 0 Å². The van der Waals surface area contributed by atoms with E-state index in [-0.39, 0.29) is 11.8 Å². The molecule has 9 heteroatoms. The Morgan fingerprint density at radius 1 is 1.14 bits per heavy atom. The van der Waals surface area contributed by atoms with Gasteiger partial charge >= 0.3 is 6.18 Å². The van der Waals surface area contributed by atoms with Crippen molar-refractivity contribution in [1.82, 2.24) is 19.4 Å². The van der Waals surface area contributed by atoms with E-state index in [0.29, 0.717) is 18.5 Å². The molecule has 156 valence electrons. The first-order valence-electron chi connectivity index (χ1n) is 9.84. The van der Waals surface area contributed by atoms with Crippen molar-refractivity contribution in [3.8, 4) is 0 Å². The van der Waals surface area contributed by atoms with Crippen molar-refractivity contribution in [3.63, 3.8) is 0 Å². The monoisotopic (exact) mass is 400 g/mol. The minimum atomic E-state index is -4.60. The van der Waals surface area contributed by atoms with Crippen molar-refractivity contribution < 1.29 is 18.0 Å². The van der Waals surface area contributed by atoms with Crippen LogP contribution in [0.15, 0.2) is 17.2 Å². The Kier molecular flexibility index (Phi) is 6.42. The highest BCUT2D eigenvalue weighted by Gasteiger charge is 2.33. The largest absolute Gasteiger partial charge is 0.433 e. The molecule has 0 bridgehead atoms. The number of amides is 1. The number of carbonyl (C=O) groups is 1. The van der Waals surface area contributed by atoms with Gasteiger partial charge < -0.3 is 9.80 Å². The standard InChI is InChI=1S/C19H27F3N4O2/c1-14(27)25-6-2-3-16(12-25)10-24-7-4-15(5-8-24)11-26-13-23-17(9-18(26)28)19(20,21)22/h9,13,15-16H,2-8,10-12H2,1H3. The summed E-state index contributed by atoms with van der Waals surface area (Å²) in [5.74, 6) is 0.891. The Morgan fingerprint density at radius 2 is 1.86 bits per heavy atom. The molecule has 6 nitrogen and oxygen atoms in total. The van der Waals surface area contributed by atoms with Gasteiger partial charge in [0.05, 0.1) is 6.33 Å². The van der Waals surface area contributed by atoms with Gasteiger partial charge in [-0.1, -0.05) is 0 Å². The van der Waals surface area contributed by atoms with Crippen LogP contribution in [0.1, 0.15) is 38.3 Å². The highest BCUT2D eigenvalue weighted by Crippen LogP contribution is 2.26. The van der Waals surface area contributed by atoms with Gasteiger partial charge in [0.25, 0.3) is 5.56 Å². The quantitative estimate of drug-likeness (QED) is 0.778. The Labute approximate surface area is 162 Å². The minimum Gasteiger partial charge on any atom is -0.343 e. The number of piperidine rings is 2. The molecule has 0 aliphatic carbocycles. The van der Waals surface area contributed by atoms with Gasteiger partial charge in [-0.2, -0.15) is 13.2 Å². The Morgan fingerprint density at radius 3 is 2.46 bits per heavy atom. The maximum absolute atomic E-state index is 12.6. The SMILES string of the molecule is CC(=O)N1CCCC(CN2CCC(Cn3cnc(C(F)(F)F)cc3=O)CC2)C1. The third-order valence-electron chi connectivity index (χ3n) is 5.81. The van der Waals surface area contributed by atoms with Crippen LogP contribution < -0.4 is 5.56 Å². The summed E-state index contributed by atoms with van der Waals surface area (Å²) in [6, 6.07) is 0.568. The summed E-state index contributed by atoms with van der Waals surface area (Å²) >= 11 is 0. The van der Waals surface area contributed by atoms with Gasteiger partial charge in [0.15, 0.2) is 5.69 Å². The van der Waals surface area contributed by atoms with E-state index in [1.54, 1.807) is 6.92 Å². The second-order valence-electron chi connectivity index (χ2n) is 7.98. The number of nitrogens with zero attached hydrogens (tertiary/aromatic N) is 4. The Balaban J connectivity index is 1.48. The lowest BCUT2D eigenvalue weighted by Crippen LogP contribution is -2.45. The van der Waals surface area contributed by atoms with Crippen LogP contribution in [0.5, 0.6) is 0 Å². The molecule has 0 aromatic carbocycles. The highest BCUT2D eigenvalue weighted by atomic mass is 19.4. The number of aromatic nitrogens is 2. The Bertz CT molecular complexity index is 741. The second-order valence-corrected chi connectivity index (χ2v) is 7.98. The van der Waals surface area contributed by atoms with E-state index in [2.05, 4.69) is 9.88 Å². The summed E-state index contributed by atoms with van der Waals surface area (Å²) in [6.45, 7) is 6.48. The predicted octanol–water partition coefficient (Wildman–Crippen LogP) is 2.23. The molecule has 1 amide bonds. The summed E-state index contributed by atoms with van der Waals surface area (Å²) in [7, 11) is 0. The van der Waals surface area contributed by atoms with E-state index in [1.165, 1.54) is 4.57 Å². The van der Waals surface area contributed by atoms with Crippen LogP contribution >= 0.6 is 0 Å². The zero-order valence-corrected chi connectivity index (χ0v) is 16.1. The summed E-state index contributed by atoms with van der Waals surface area (Å²) in [6.07, 6.45) is 0.394. The van der Waals surface area contributed by atoms with Crippen LogP contribution in [0.4, 0.5) is 13.2 Å². The molecule has 1 atom stereocenters. The molecule has 2 aliphatic heterocycles. The third-order valence-corrected chi connectivity index (χ3v) is 5.81. The average molecular weight is 400 g/mol. The number of likely N-dealkylation sites (tertiary alicyclic amines) is 2. The van der Waals surface area contributed by atoms with Gasteiger partial charge in [0.1, 0.15) is 0 Å². The van der Waals surface area contributed by atoms with E-state index in [9.17, 15) is 22.8 Å². The van der Waals surface area contributed by atoms with Gasteiger partial charge in [-0.25, -0.2) is 4.98 Å². The maximum Gasteiger partial charge on any atom is 0.433 e. The number of halogens is 3. The van der Waals surface area contributed by atoms with E-state index in [0.717, 1.165) is 64.7 Å². The first-order chi connectivity index (χ1) is 13.2. The Hall–Kier alpha value is -1.90. The smallest absolute Gasteiger partial charge is 0.343 e. The molecule has 1 aromatic heterocycles. The van der Waals surface area contributed by atoms with Crippen LogP contribution in [0.3, 0.4) is 0 Å². The van der Waals surface area contributed by atoms with Gasteiger partial charge in [-0.15, -0.1) is 0 Å². The molecular weight excluding hydrogens is 373 g/mol. The number of hydrogen-bond donors (Lipinski definition) is 0. The average Bonchev–Trinajstić information content (AvgIpc) is 2.64. The molecule has 3 rings (SSSR count). The van der Waals surface area contributed by atoms with Crippen LogP contribution in [0.2, 0.25) is 0 Å². The van der Waals surface area contributed by atoms with Gasteiger partial charge in [-0.05, 0) is 50.6 Å². The van der Waals surface area contributed by atoms with E-state index in [1.807, 2.05) is 4.90 Å². The molecule has 0 radical (unpaired) electrons. The number of alkyl halides is 3. The van der Waals surface area contributed by atoms with Crippen LogP contribution in [-0.4, -0.2) is 58.0 Å². The number of rotatable bonds is 4. The summed E-state index contributed by atoms with van der Waals surface area (Å²) < 4.78 is 39.2. The van der Waals surface area contributed by atoms with Crippen molar-refractivity contribution >= 4 is 5.91 Å². The molecule has 1 aromatic rings. The first kappa shape index (κ1) is 20.8.